The molecule has 3 aliphatic rings. The van der Waals surface area contributed by atoms with Gasteiger partial charge < -0.3 is 44.4 Å². The van der Waals surface area contributed by atoms with E-state index in [0.717, 1.165) is 48.4 Å². The van der Waals surface area contributed by atoms with Gasteiger partial charge in [-0.05, 0) is 71.9 Å². The summed E-state index contributed by atoms with van der Waals surface area (Å²) in [5, 5.41) is 9.19. The van der Waals surface area contributed by atoms with Gasteiger partial charge in [-0.25, -0.2) is 52.7 Å². The third kappa shape index (κ3) is 11.3. The van der Waals surface area contributed by atoms with E-state index in [4.69, 9.17) is 48.5 Å². The summed E-state index contributed by atoms with van der Waals surface area (Å²) in [7, 11) is 0.432. The molecule has 5 aromatic heterocycles. The number of rotatable bonds is 19. The first-order valence-electron chi connectivity index (χ1n) is 26.3. The number of aromatic nitrogens is 11. The number of hydrogen-bond acceptors (Lipinski definition) is 23. The summed E-state index contributed by atoms with van der Waals surface area (Å²) in [6.07, 6.45) is -7.60. The molecule has 4 aromatic carbocycles. The van der Waals surface area contributed by atoms with Gasteiger partial charge in [0.05, 0.1) is 43.2 Å². The standard InChI is InChI=1S/C53H53BF2N14O11P2S/c1-29-45(39(55)51(77-29)68-27-63-42-47(57)59-25-61-49(42)68)81-83(73,76-23-38-46(80-82(54,72)74-3)40(56)52(79-38)69-28-64-43-48(58)60-26-62-50(43)69)84-24-30-12-16-34(17-13-30)78-53(71)31-14-18-33(19-15-31)75-21-20-70-44-35-9-5-4-8-32(35)22-67(2)37-11-7-6-10-36(37)41(44)65-66-70/h4-19,25-29,38-40,45-46,51-52H,20-24,54H2,1-3H3,(H2,57,59,61)(H2,58,60,62)/t29?,38-,39-,40-,45-,46-,51-,52-,82?,83?/m1/s1. The minimum Gasteiger partial charge on any atom is -0.492 e. The lowest BCUT2D eigenvalue weighted by Crippen LogP contribution is -2.34. The molecule has 3 aliphatic heterocycles. The van der Waals surface area contributed by atoms with Gasteiger partial charge in [-0.15, -0.1) is 5.10 Å². The van der Waals surface area contributed by atoms with Crippen molar-refractivity contribution in [3.8, 4) is 34.0 Å². The first kappa shape index (κ1) is 56.8. The van der Waals surface area contributed by atoms with E-state index >= 15 is 13.3 Å². The predicted octanol–water partition coefficient (Wildman–Crippen LogP) is 7.71. The summed E-state index contributed by atoms with van der Waals surface area (Å²) in [6, 6.07) is 29.3. The van der Waals surface area contributed by atoms with Crippen LogP contribution in [0.25, 0.3) is 44.8 Å². The minimum absolute atomic E-state index is 0.0296. The van der Waals surface area contributed by atoms with Gasteiger partial charge in [-0.3, -0.25) is 22.7 Å². The predicted molar refractivity (Wildman–Crippen MR) is 307 cm³/mol. The van der Waals surface area contributed by atoms with Gasteiger partial charge in [0.25, 0.3) is 15.0 Å². The van der Waals surface area contributed by atoms with Crippen LogP contribution in [0.3, 0.4) is 0 Å². The molecule has 2 saturated heterocycles. The Bertz CT molecular complexity index is 4000. The molecule has 0 saturated carbocycles. The van der Waals surface area contributed by atoms with Crippen LogP contribution >= 0.6 is 25.7 Å². The molecule has 4 N–H and O–H groups in total. The number of alkyl halides is 2. The van der Waals surface area contributed by atoms with Crippen LogP contribution in [-0.2, 0) is 55.5 Å². The van der Waals surface area contributed by atoms with Crippen LogP contribution in [0.4, 0.5) is 26.1 Å². The van der Waals surface area contributed by atoms with Crippen LogP contribution in [0.1, 0.15) is 40.9 Å². The van der Waals surface area contributed by atoms with Gasteiger partial charge in [0.1, 0.15) is 65.8 Å². The highest BCUT2D eigenvalue weighted by atomic mass is 32.7. The molecule has 3 unspecified atom stereocenters. The van der Waals surface area contributed by atoms with Crippen molar-refractivity contribution in [1.29, 1.82) is 0 Å². The fourth-order valence-electron chi connectivity index (χ4n) is 10.2. The molecule has 9 aromatic rings. The van der Waals surface area contributed by atoms with E-state index in [1.54, 1.807) is 48.5 Å². The number of fused-ring (bicyclic) bond motifs is 7. The number of nitrogens with zero attached hydrogens (tertiary/aromatic N) is 12. The van der Waals surface area contributed by atoms with E-state index in [-0.39, 0.29) is 57.6 Å². The number of halogens is 2. The summed E-state index contributed by atoms with van der Waals surface area (Å²) in [5.41, 5.74) is 19.4. The maximum Gasteiger partial charge on any atom is 0.389 e. The smallest absolute Gasteiger partial charge is 0.389 e. The number of hydrogen-bond donors (Lipinski definition) is 2. The Morgan fingerprint density at radius 3 is 2.11 bits per heavy atom. The van der Waals surface area contributed by atoms with Crippen LogP contribution < -0.4 is 25.8 Å². The summed E-state index contributed by atoms with van der Waals surface area (Å²) in [5.74, 6) is 0.129. The number of benzene rings is 4. The zero-order valence-corrected chi connectivity index (χ0v) is 47.9. The molecule has 0 spiro atoms. The second-order valence-electron chi connectivity index (χ2n) is 19.9. The molecule has 25 nitrogen and oxygen atoms in total. The number of carbonyl (C=O) groups excluding carboxylic acids is 1. The summed E-state index contributed by atoms with van der Waals surface area (Å²) in [4.78, 5) is 40.3. The maximum absolute atomic E-state index is 16.8. The number of anilines is 3. The average molecular weight is 1200 g/mol. The van der Waals surface area contributed by atoms with Gasteiger partial charge in [0.2, 0.25) is 0 Å². The van der Waals surface area contributed by atoms with Crippen LogP contribution in [0.5, 0.6) is 11.5 Å². The average Bonchev–Trinajstić information content (AvgIpc) is 2.81. The van der Waals surface area contributed by atoms with Crippen molar-refractivity contribution in [1.82, 2.24) is 54.0 Å². The van der Waals surface area contributed by atoms with E-state index in [1.807, 2.05) is 28.9 Å². The topological polar surface area (TPSA) is 298 Å². The van der Waals surface area contributed by atoms with Gasteiger partial charge in [0, 0.05) is 43.3 Å². The third-order valence-electron chi connectivity index (χ3n) is 14.5. The zero-order chi connectivity index (χ0) is 58.4. The van der Waals surface area contributed by atoms with Gasteiger partial charge >= 0.3 is 12.8 Å². The number of para-hydroxylation sites is 1. The van der Waals surface area contributed by atoms with E-state index in [9.17, 15) is 9.36 Å². The largest absolute Gasteiger partial charge is 0.492 e. The quantitative estimate of drug-likeness (QED) is 0.0339. The van der Waals surface area contributed by atoms with Gasteiger partial charge in [-0.1, -0.05) is 59.8 Å². The van der Waals surface area contributed by atoms with E-state index in [1.165, 1.54) is 41.4 Å². The van der Waals surface area contributed by atoms with Crippen molar-refractivity contribution in [3.63, 3.8) is 0 Å². The molecule has 2 fully saturated rings. The molecule has 8 heterocycles. The van der Waals surface area contributed by atoms with Crippen LogP contribution in [-0.4, -0.2) is 132 Å². The van der Waals surface area contributed by atoms with Gasteiger partial charge in [-0.2, -0.15) is 0 Å². The van der Waals surface area contributed by atoms with Crippen molar-refractivity contribution >= 4 is 78.8 Å². The molecule has 10 atom stereocenters. The first-order chi connectivity index (χ1) is 40.5. The lowest BCUT2D eigenvalue weighted by Gasteiger charge is -2.27. The Morgan fingerprint density at radius 1 is 0.786 bits per heavy atom. The Labute approximate surface area is 482 Å². The maximum atomic E-state index is 16.8. The van der Waals surface area contributed by atoms with Crippen molar-refractivity contribution in [2.24, 2.45) is 0 Å². The fourth-order valence-corrected chi connectivity index (χ4v) is 14.4. The van der Waals surface area contributed by atoms with Crippen molar-refractivity contribution < 1.29 is 59.7 Å². The van der Waals surface area contributed by atoms with Crippen molar-refractivity contribution in [3.05, 3.63) is 139 Å². The number of nitrogen functional groups attached to an aromatic ring is 2. The Morgan fingerprint density at radius 2 is 1.42 bits per heavy atom. The molecule has 0 bridgehead atoms. The molecular weight excluding hydrogens is 1150 g/mol. The first-order valence-corrected chi connectivity index (χ1v) is 31.4. The Balaban J connectivity index is 0.720. The highest BCUT2D eigenvalue weighted by molar-refractivity contribution is 8.54. The molecule has 0 amide bonds. The normalized spacial score (nSPS) is 22.6. The monoisotopic (exact) mass is 1200 g/mol. The van der Waals surface area contributed by atoms with Crippen molar-refractivity contribution in [2.45, 2.75) is 75.0 Å². The second kappa shape index (κ2) is 23.4. The molecular formula is C53H53BF2N14O11P2S. The van der Waals surface area contributed by atoms with E-state index in [2.05, 4.69) is 76.4 Å². The van der Waals surface area contributed by atoms with E-state index in [0.29, 0.717) is 35.8 Å². The fraction of sp³-hybridized carbons (Fsp3) is 0.302. The number of nitrogens with two attached hydrogens (primary N) is 2. The van der Waals surface area contributed by atoms with Crippen molar-refractivity contribution in [2.75, 3.05) is 43.7 Å². The lowest BCUT2D eigenvalue weighted by molar-refractivity contribution is -0.0428. The number of carbonyl (C=O) groups is 1. The molecule has 434 valence electrons. The molecule has 31 heteroatoms. The second-order valence-corrected chi connectivity index (χ2v) is 26.1. The highest BCUT2D eigenvalue weighted by Crippen LogP contribution is 2.64. The molecule has 0 aliphatic carbocycles. The Kier molecular flexibility index (Phi) is 15.8. The van der Waals surface area contributed by atoms with Gasteiger partial charge in [0.15, 0.2) is 47.7 Å². The highest BCUT2D eigenvalue weighted by Gasteiger charge is 2.53. The lowest BCUT2D eigenvalue weighted by atomic mass is 9.96. The third-order valence-corrected chi connectivity index (χ3v) is 19.4. The number of esters is 1. The summed E-state index contributed by atoms with van der Waals surface area (Å²) < 4.78 is 113. The molecule has 0 radical (unpaired) electrons. The van der Waals surface area contributed by atoms with Crippen LogP contribution in [0.15, 0.2) is 122 Å². The van der Waals surface area contributed by atoms with E-state index < -0.39 is 76.1 Å². The van der Waals surface area contributed by atoms with Crippen LogP contribution in [0, 0.1) is 0 Å². The molecule has 84 heavy (non-hydrogen) atoms. The molecule has 12 rings (SSSR count). The summed E-state index contributed by atoms with van der Waals surface area (Å²) in [6.45, 7) is -2.36. The minimum atomic E-state index is -4.57. The Hall–Kier alpha value is -7.72. The van der Waals surface area contributed by atoms with Crippen LogP contribution in [0.2, 0.25) is 0 Å². The SMILES string of the molecule is BP(=O)(OC)O[C@H]1[C@@H](F)[C@H](n2cnc3c(N)ncnc32)O[C@@H]1COP(=O)(O[C@@H]1C(C)O[C@@H](n2cnc3c(N)ncnc32)[C@@H]1F)SCc1ccc(OC(=O)c2ccc(OCCn3nnc4c3-c3ccccc3CN(C)c3ccccc3-4)cc2)cc1. The number of ether oxygens (including phenoxy) is 4. The number of imidazole rings is 2. The summed E-state index contributed by atoms with van der Waals surface area (Å²) >= 11 is 0.689. The zero-order valence-electron chi connectivity index (χ0n) is 45.3.